The van der Waals surface area contributed by atoms with Crippen LogP contribution >= 0.6 is 11.6 Å². The van der Waals surface area contributed by atoms with E-state index in [1.807, 2.05) is 0 Å². The molecule has 0 saturated heterocycles. The van der Waals surface area contributed by atoms with Crippen LogP contribution in [0.4, 0.5) is 13.2 Å². The van der Waals surface area contributed by atoms with Crippen molar-refractivity contribution in [3.8, 4) is 17.2 Å². The highest BCUT2D eigenvalue weighted by Crippen LogP contribution is 2.38. The topological polar surface area (TPSA) is 48.7 Å². The molecule has 0 spiro atoms. The Morgan fingerprint density at radius 3 is 2.35 bits per heavy atom. The lowest BCUT2D eigenvalue weighted by molar-refractivity contribution is -0.154. The minimum absolute atomic E-state index is 0.0255. The Balaban J connectivity index is 2.19. The summed E-state index contributed by atoms with van der Waals surface area (Å²) < 4.78 is 55.6. The maximum Gasteiger partial charge on any atom is 0.453 e. The smallest absolute Gasteiger partial charge is 0.453 e. The number of fused-ring (bicyclic) bond motifs is 1. The maximum absolute atomic E-state index is 13.4. The van der Waals surface area contributed by atoms with Crippen LogP contribution < -0.4 is 14.9 Å². The number of benzene rings is 2. The van der Waals surface area contributed by atoms with Gasteiger partial charge in [0.1, 0.15) is 17.1 Å². The summed E-state index contributed by atoms with van der Waals surface area (Å²) in [5, 5.41) is 0.327. The Hall–Kier alpha value is -2.67. The van der Waals surface area contributed by atoms with Gasteiger partial charge in [-0.05, 0) is 43.3 Å². The van der Waals surface area contributed by atoms with Crippen LogP contribution in [-0.4, -0.2) is 6.61 Å². The van der Waals surface area contributed by atoms with Gasteiger partial charge in [0.25, 0.3) is 5.76 Å². The molecule has 0 amide bonds. The second kappa shape index (κ2) is 6.92. The molecule has 3 aromatic rings. The van der Waals surface area contributed by atoms with Crippen molar-refractivity contribution in [3.63, 3.8) is 0 Å². The molecule has 0 unspecified atom stereocenters. The molecule has 0 aliphatic heterocycles. The number of hydrogen-bond donors (Lipinski definition) is 0. The molecule has 0 fully saturated rings. The van der Waals surface area contributed by atoms with E-state index in [-0.39, 0.29) is 16.7 Å². The molecule has 136 valence electrons. The van der Waals surface area contributed by atoms with Gasteiger partial charge < -0.3 is 13.9 Å². The van der Waals surface area contributed by atoms with E-state index in [0.717, 1.165) is 0 Å². The van der Waals surface area contributed by atoms with Crippen molar-refractivity contribution in [2.75, 3.05) is 6.61 Å². The van der Waals surface area contributed by atoms with Crippen molar-refractivity contribution in [2.24, 2.45) is 0 Å². The summed E-state index contributed by atoms with van der Waals surface area (Å²) in [6.45, 7) is 2.05. The molecule has 1 aromatic heterocycles. The fraction of sp³-hybridized carbons (Fsp3) is 0.167. The third-order valence-electron chi connectivity index (χ3n) is 3.42. The lowest BCUT2D eigenvalue weighted by atomic mass is 10.2. The quantitative estimate of drug-likeness (QED) is 0.582. The third-order valence-corrected chi connectivity index (χ3v) is 3.68. The van der Waals surface area contributed by atoms with Crippen LogP contribution in [0.15, 0.2) is 51.7 Å². The summed E-state index contributed by atoms with van der Waals surface area (Å²) in [6.07, 6.45) is -4.92. The summed E-state index contributed by atoms with van der Waals surface area (Å²) >= 11 is 5.74. The van der Waals surface area contributed by atoms with Crippen LogP contribution in [0.1, 0.15) is 12.7 Å². The standard InChI is InChI=1S/C18H12ClF3O4/c1-2-24-12-7-8-13-14(9-12)26-17(18(20,21)22)16(15(13)23)25-11-5-3-10(19)4-6-11/h3-9H,2H2,1H3. The minimum atomic E-state index is -4.92. The lowest BCUT2D eigenvalue weighted by Crippen LogP contribution is -2.15. The van der Waals surface area contributed by atoms with Gasteiger partial charge in [-0.1, -0.05) is 11.6 Å². The number of ether oxygens (including phenoxy) is 2. The van der Waals surface area contributed by atoms with E-state index in [2.05, 4.69) is 0 Å². The van der Waals surface area contributed by atoms with Gasteiger partial charge in [-0.15, -0.1) is 0 Å². The molecular formula is C18H12ClF3O4. The van der Waals surface area contributed by atoms with E-state index < -0.39 is 23.1 Å². The van der Waals surface area contributed by atoms with Crippen LogP contribution in [0.5, 0.6) is 17.2 Å². The first-order valence-electron chi connectivity index (χ1n) is 7.54. The molecule has 2 aromatic carbocycles. The van der Waals surface area contributed by atoms with Crippen LogP contribution in [-0.2, 0) is 6.18 Å². The summed E-state index contributed by atoms with van der Waals surface area (Å²) in [5.41, 5.74) is -1.17. The average molecular weight is 385 g/mol. The zero-order valence-electron chi connectivity index (χ0n) is 13.4. The Labute approximate surface area is 150 Å². The molecule has 4 nitrogen and oxygen atoms in total. The normalized spacial score (nSPS) is 11.6. The Morgan fingerprint density at radius 2 is 1.73 bits per heavy atom. The Kier molecular flexibility index (Phi) is 4.82. The average Bonchev–Trinajstić information content (AvgIpc) is 2.58. The van der Waals surface area contributed by atoms with Crippen molar-refractivity contribution in [1.82, 2.24) is 0 Å². The van der Waals surface area contributed by atoms with E-state index in [4.69, 9.17) is 25.5 Å². The molecule has 0 saturated carbocycles. The molecule has 0 N–H and O–H groups in total. The van der Waals surface area contributed by atoms with E-state index in [9.17, 15) is 18.0 Å². The number of hydrogen-bond acceptors (Lipinski definition) is 4. The number of rotatable bonds is 4. The van der Waals surface area contributed by atoms with E-state index in [1.54, 1.807) is 6.92 Å². The first kappa shape index (κ1) is 18.1. The van der Waals surface area contributed by atoms with Gasteiger partial charge in [-0.2, -0.15) is 13.2 Å². The van der Waals surface area contributed by atoms with Crippen molar-refractivity contribution in [1.29, 1.82) is 0 Å². The SMILES string of the molecule is CCOc1ccc2c(=O)c(Oc3ccc(Cl)cc3)c(C(F)(F)F)oc2c1. The molecule has 0 bridgehead atoms. The van der Waals surface area contributed by atoms with Crippen LogP contribution in [0.2, 0.25) is 5.02 Å². The second-order valence-electron chi connectivity index (χ2n) is 5.23. The van der Waals surface area contributed by atoms with Crippen molar-refractivity contribution in [3.05, 3.63) is 63.5 Å². The molecule has 0 aliphatic carbocycles. The molecule has 26 heavy (non-hydrogen) atoms. The van der Waals surface area contributed by atoms with Gasteiger partial charge in [0.2, 0.25) is 11.2 Å². The van der Waals surface area contributed by atoms with Gasteiger partial charge in [-0.25, -0.2) is 0 Å². The van der Waals surface area contributed by atoms with Gasteiger partial charge in [0.05, 0.1) is 12.0 Å². The van der Waals surface area contributed by atoms with Crippen molar-refractivity contribution < 1.29 is 27.1 Å². The minimum Gasteiger partial charge on any atom is -0.494 e. The highest BCUT2D eigenvalue weighted by Gasteiger charge is 2.40. The highest BCUT2D eigenvalue weighted by molar-refractivity contribution is 6.30. The predicted molar refractivity (Wildman–Crippen MR) is 90.2 cm³/mol. The van der Waals surface area contributed by atoms with Gasteiger partial charge in [0, 0.05) is 11.1 Å². The van der Waals surface area contributed by atoms with Gasteiger partial charge >= 0.3 is 6.18 Å². The Morgan fingerprint density at radius 1 is 1.08 bits per heavy atom. The molecular weight excluding hydrogens is 373 g/mol. The first-order valence-corrected chi connectivity index (χ1v) is 7.91. The van der Waals surface area contributed by atoms with E-state index in [0.29, 0.717) is 17.4 Å². The molecule has 0 aliphatic rings. The molecule has 3 rings (SSSR count). The molecule has 8 heteroatoms. The second-order valence-corrected chi connectivity index (χ2v) is 5.67. The summed E-state index contributed by atoms with van der Waals surface area (Å²) in [5.74, 6) is -2.13. The zero-order chi connectivity index (χ0) is 18.9. The highest BCUT2D eigenvalue weighted by atomic mass is 35.5. The van der Waals surface area contributed by atoms with Crippen LogP contribution in [0.3, 0.4) is 0 Å². The largest absolute Gasteiger partial charge is 0.494 e. The molecule has 1 heterocycles. The lowest BCUT2D eigenvalue weighted by Gasteiger charge is -2.13. The summed E-state index contributed by atoms with van der Waals surface area (Å²) in [4.78, 5) is 12.6. The van der Waals surface area contributed by atoms with Gasteiger partial charge in [-0.3, -0.25) is 4.79 Å². The number of alkyl halides is 3. The molecule has 0 radical (unpaired) electrons. The summed E-state index contributed by atoms with van der Waals surface area (Å²) in [7, 11) is 0. The monoisotopic (exact) mass is 384 g/mol. The van der Waals surface area contributed by atoms with Crippen molar-refractivity contribution >= 4 is 22.6 Å². The zero-order valence-corrected chi connectivity index (χ0v) is 14.1. The summed E-state index contributed by atoms with van der Waals surface area (Å²) in [6, 6.07) is 9.61. The fourth-order valence-corrected chi connectivity index (χ4v) is 2.44. The van der Waals surface area contributed by atoms with E-state index >= 15 is 0 Å². The maximum atomic E-state index is 13.4. The predicted octanol–water partition coefficient (Wildman–Crippen LogP) is 5.66. The van der Waals surface area contributed by atoms with Crippen LogP contribution in [0, 0.1) is 0 Å². The number of halogens is 4. The van der Waals surface area contributed by atoms with Crippen molar-refractivity contribution in [2.45, 2.75) is 13.1 Å². The Bertz CT molecular complexity index is 994. The van der Waals surface area contributed by atoms with E-state index in [1.165, 1.54) is 42.5 Å². The fourth-order valence-electron chi connectivity index (χ4n) is 2.31. The first-order chi connectivity index (χ1) is 12.3. The third kappa shape index (κ3) is 3.62. The van der Waals surface area contributed by atoms with Gasteiger partial charge in [0.15, 0.2) is 0 Å². The molecule has 0 atom stereocenters. The van der Waals surface area contributed by atoms with Crippen LogP contribution in [0.25, 0.3) is 11.0 Å².